The molecule has 1 fully saturated rings. The van der Waals surface area contributed by atoms with Crippen molar-refractivity contribution < 1.29 is 28.6 Å². The van der Waals surface area contributed by atoms with Gasteiger partial charge in [0, 0.05) is 11.8 Å². The van der Waals surface area contributed by atoms with Gasteiger partial charge in [-0.15, -0.1) is 0 Å². The number of hydrogen-bond acceptors (Lipinski definition) is 7. The molecule has 0 aliphatic carbocycles. The Bertz CT molecular complexity index is 1170. The molecule has 1 N–H and O–H groups in total. The molecule has 0 spiro atoms. The number of Topliss-reactive ketones (excluding diaryl/α,β-unsaturated/α-hetero) is 1. The van der Waals surface area contributed by atoms with E-state index in [0.717, 1.165) is 0 Å². The molecule has 3 aromatic rings. The summed E-state index contributed by atoms with van der Waals surface area (Å²) >= 11 is 0. The van der Waals surface area contributed by atoms with Crippen LogP contribution in [0.5, 0.6) is 11.5 Å². The van der Waals surface area contributed by atoms with E-state index in [4.69, 9.17) is 13.9 Å². The molecule has 5 rings (SSSR count). The third kappa shape index (κ3) is 3.31. The first kappa shape index (κ1) is 18.9. The number of furan rings is 1. The lowest BCUT2D eigenvalue weighted by molar-refractivity contribution is -0.140. The minimum Gasteiger partial charge on any atom is -0.507 e. The second kappa shape index (κ2) is 7.64. The number of rotatable bonds is 4. The van der Waals surface area contributed by atoms with Crippen molar-refractivity contribution in [2.75, 3.05) is 13.2 Å². The van der Waals surface area contributed by atoms with Crippen LogP contribution in [0.1, 0.15) is 23.1 Å². The zero-order valence-electron chi connectivity index (χ0n) is 16.4. The topological polar surface area (TPSA) is 102 Å². The summed E-state index contributed by atoms with van der Waals surface area (Å²) in [5, 5.41) is 11.1. The summed E-state index contributed by atoms with van der Waals surface area (Å²) in [6, 6.07) is 12.7. The Labute approximate surface area is 177 Å². The molecule has 1 atom stereocenters. The van der Waals surface area contributed by atoms with Crippen molar-refractivity contribution in [3.63, 3.8) is 0 Å². The summed E-state index contributed by atoms with van der Waals surface area (Å²) in [7, 11) is 0. The number of carbonyl (C=O) groups excluding carboxylic acids is 2. The molecule has 1 amide bonds. The summed E-state index contributed by atoms with van der Waals surface area (Å²) < 4.78 is 16.6. The molecule has 156 valence electrons. The predicted molar refractivity (Wildman–Crippen MR) is 108 cm³/mol. The molecule has 8 nitrogen and oxygen atoms in total. The van der Waals surface area contributed by atoms with E-state index in [1.807, 2.05) is 0 Å². The Morgan fingerprint density at radius 3 is 2.65 bits per heavy atom. The molecule has 1 aromatic carbocycles. The van der Waals surface area contributed by atoms with Crippen LogP contribution in [0.25, 0.3) is 5.76 Å². The number of benzene rings is 1. The highest BCUT2D eigenvalue weighted by Gasteiger charge is 2.47. The van der Waals surface area contributed by atoms with Crippen molar-refractivity contribution in [3.8, 4) is 11.5 Å². The molecule has 1 unspecified atom stereocenters. The number of aliphatic hydroxyl groups excluding tert-OH is 1. The van der Waals surface area contributed by atoms with Crippen molar-refractivity contribution in [2.24, 2.45) is 0 Å². The molecule has 0 bridgehead atoms. The number of amides is 1. The van der Waals surface area contributed by atoms with Crippen LogP contribution in [-0.2, 0) is 16.1 Å². The average molecular weight is 418 g/mol. The molecular weight excluding hydrogens is 400 g/mol. The number of hydrogen-bond donors (Lipinski definition) is 1. The highest BCUT2D eigenvalue weighted by Crippen LogP contribution is 2.41. The number of carbonyl (C=O) groups is 2. The molecule has 2 aromatic heterocycles. The van der Waals surface area contributed by atoms with Gasteiger partial charge < -0.3 is 23.9 Å². The summed E-state index contributed by atoms with van der Waals surface area (Å²) in [4.78, 5) is 31.5. The molecule has 4 heterocycles. The molecule has 0 radical (unpaired) electrons. The quantitative estimate of drug-likeness (QED) is 0.395. The van der Waals surface area contributed by atoms with Crippen LogP contribution in [0, 0.1) is 0 Å². The lowest BCUT2D eigenvalue weighted by atomic mass is 9.99. The van der Waals surface area contributed by atoms with Crippen LogP contribution in [0.15, 0.2) is 71.0 Å². The molecular formula is C23H18N2O6. The van der Waals surface area contributed by atoms with E-state index in [2.05, 4.69) is 4.98 Å². The van der Waals surface area contributed by atoms with Crippen LogP contribution in [0.2, 0.25) is 0 Å². The van der Waals surface area contributed by atoms with E-state index in [0.29, 0.717) is 41.7 Å². The van der Waals surface area contributed by atoms with Gasteiger partial charge in [0.2, 0.25) is 0 Å². The molecule has 31 heavy (non-hydrogen) atoms. The maximum absolute atomic E-state index is 13.0. The number of ether oxygens (including phenoxy) is 2. The van der Waals surface area contributed by atoms with Crippen molar-refractivity contribution in [1.82, 2.24) is 9.88 Å². The van der Waals surface area contributed by atoms with Gasteiger partial charge in [0.15, 0.2) is 11.5 Å². The van der Waals surface area contributed by atoms with Gasteiger partial charge in [0.05, 0.1) is 24.1 Å². The number of likely N-dealkylation sites (tertiary alicyclic amines) is 1. The maximum atomic E-state index is 13.0. The fraction of sp³-hybridized carbons (Fsp3) is 0.174. The van der Waals surface area contributed by atoms with Gasteiger partial charge in [0.25, 0.3) is 11.7 Å². The van der Waals surface area contributed by atoms with Gasteiger partial charge in [0.1, 0.15) is 30.8 Å². The molecule has 2 aliphatic rings. The van der Waals surface area contributed by atoms with E-state index >= 15 is 0 Å². The Morgan fingerprint density at radius 1 is 1.06 bits per heavy atom. The molecule has 0 saturated carbocycles. The standard InChI is InChI=1S/C23H18N2O6/c26-21(14-6-7-16-18(12-14)31-11-10-30-16)19-20(17-5-3-9-29-17)25(23(28)22(19)27)13-15-4-1-2-8-24-15/h1-9,12,20,26H,10-11,13H2/b21-19-. The summed E-state index contributed by atoms with van der Waals surface area (Å²) in [5.74, 6) is -0.432. The SMILES string of the molecule is O=C1C(=O)N(Cc2ccccn2)C(c2ccco2)/C1=C(/O)c1ccc2c(c1)OCCO2. The Hall–Kier alpha value is -4.07. The number of nitrogens with zero attached hydrogens (tertiary/aromatic N) is 2. The summed E-state index contributed by atoms with van der Waals surface area (Å²) in [5.41, 5.74) is 0.907. The summed E-state index contributed by atoms with van der Waals surface area (Å²) in [6.45, 7) is 0.919. The lowest BCUT2D eigenvalue weighted by Gasteiger charge is -2.23. The number of aliphatic hydroxyl groups is 1. The molecule has 1 saturated heterocycles. The first-order valence-corrected chi connectivity index (χ1v) is 9.75. The number of ketones is 1. The smallest absolute Gasteiger partial charge is 0.296 e. The molecule has 8 heteroatoms. The van der Waals surface area contributed by atoms with Crippen LogP contribution in [-0.4, -0.2) is 39.9 Å². The van der Waals surface area contributed by atoms with Gasteiger partial charge in [-0.05, 0) is 42.5 Å². The maximum Gasteiger partial charge on any atom is 0.296 e. The Balaban J connectivity index is 1.60. The zero-order valence-corrected chi connectivity index (χ0v) is 16.4. The average Bonchev–Trinajstić information content (AvgIpc) is 3.42. The number of fused-ring (bicyclic) bond motifs is 1. The third-order valence-corrected chi connectivity index (χ3v) is 5.23. The van der Waals surface area contributed by atoms with E-state index in [9.17, 15) is 14.7 Å². The van der Waals surface area contributed by atoms with Crippen LogP contribution >= 0.6 is 0 Å². The van der Waals surface area contributed by atoms with Crippen molar-refractivity contribution in [2.45, 2.75) is 12.6 Å². The third-order valence-electron chi connectivity index (χ3n) is 5.23. The van der Waals surface area contributed by atoms with E-state index in [1.54, 1.807) is 54.7 Å². The first-order valence-electron chi connectivity index (χ1n) is 9.75. The highest BCUT2D eigenvalue weighted by atomic mass is 16.6. The largest absolute Gasteiger partial charge is 0.507 e. The fourth-order valence-electron chi connectivity index (χ4n) is 3.80. The van der Waals surface area contributed by atoms with Gasteiger partial charge >= 0.3 is 0 Å². The van der Waals surface area contributed by atoms with Gasteiger partial charge in [-0.3, -0.25) is 14.6 Å². The van der Waals surface area contributed by atoms with E-state index < -0.39 is 17.7 Å². The van der Waals surface area contributed by atoms with E-state index in [1.165, 1.54) is 11.2 Å². The van der Waals surface area contributed by atoms with Crippen molar-refractivity contribution in [3.05, 3.63) is 83.6 Å². The monoisotopic (exact) mass is 418 g/mol. The lowest BCUT2D eigenvalue weighted by Crippen LogP contribution is -2.29. The number of pyridine rings is 1. The second-order valence-electron chi connectivity index (χ2n) is 7.12. The minimum absolute atomic E-state index is 0.0486. The van der Waals surface area contributed by atoms with Crippen molar-refractivity contribution in [1.29, 1.82) is 0 Å². The predicted octanol–water partition coefficient (Wildman–Crippen LogP) is 3.07. The highest BCUT2D eigenvalue weighted by molar-refractivity contribution is 6.46. The van der Waals surface area contributed by atoms with Crippen LogP contribution < -0.4 is 9.47 Å². The minimum atomic E-state index is -0.884. The Kier molecular flexibility index (Phi) is 4.66. The van der Waals surface area contributed by atoms with Gasteiger partial charge in [-0.1, -0.05) is 6.07 Å². The van der Waals surface area contributed by atoms with Crippen LogP contribution in [0.4, 0.5) is 0 Å². The van der Waals surface area contributed by atoms with Gasteiger partial charge in [-0.2, -0.15) is 0 Å². The van der Waals surface area contributed by atoms with E-state index in [-0.39, 0.29) is 17.9 Å². The van der Waals surface area contributed by atoms with Crippen LogP contribution in [0.3, 0.4) is 0 Å². The second-order valence-corrected chi connectivity index (χ2v) is 7.12. The number of aromatic nitrogens is 1. The molecule has 2 aliphatic heterocycles. The summed E-state index contributed by atoms with van der Waals surface area (Å²) in [6.07, 6.45) is 3.07. The zero-order chi connectivity index (χ0) is 21.4. The normalized spacial score (nSPS) is 19.6. The first-order chi connectivity index (χ1) is 15.1. The fourth-order valence-corrected chi connectivity index (χ4v) is 3.80. The Morgan fingerprint density at radius 2 is 1.90 bits per heavy atom. The van der Waals surface area contributed by atoms with Crippen molar-refractivity contribution >= 4 is 17.4 Å². The van der Waals surface area contributed by atoms with Gasteiger partial charge in [-0.25, -0.2) is 0 Å².